The Morgan fingerprint density at radius 2 is 0.556 bits per heavy atom. The Morgan fingerprint density at radius 3 is 0.778 bits per heavy atom. The molecule has 0 saturated heterocycles. The fraction of sp³-hybridized carbons (Fsp3) is 1.00. The Labute approximate surface area is 236 Å². The van der Waals surface area contributed by atoms with Gasteiger partial charge in [-0.05, 0) is 33.5 Å². The SMILES string of the molecule is CCCCCCCCCCCCCCCCCl.CCCCCCCCCCCCCCCCN(C)C. The van der Waals surface area contributed by atoms with E-state index in [-0.39, 0.29) is 0 Å². The van der Waals surface area contributed by atoms with Crippen molar-refractivity contribution in [1.82, 2.24) is 4.90 Å². The first-order valence-electron chi connectivity index (χ1n) is 16.9. The van der Waals surface area contributed by atoms with E-state index in [0.29, 0.717) is 0 Å². The molecule has 36 heavy (non-hydrogen) atoms. The summed E-state index contributed by atoms with van der Waals surface area (Å²) in [6.07, 6.45) is 40.2. The molecule has 0 aliphatic rings. The maximum absolute atomic E-state index is 5.64. The molecule has 0 atom stereocenters. The van der Waals surface area contributed by atoms with Crippen LogP contribution in [-0.4, -0.2) is 31.4 Å². The molecule has 0 heterocycles. The van der Waals surface area contributed by atoms with Crippen molar-refractivity contribution < 1.29 is 0 Å². The summed E-state index contributed by atoms with van der Waals surface area (Å²) in [6, 6.07) is 0. The second-order valence-corrected chi connectivity index (χ2v) is 12.1. The number of unbranched alkanes of at least 4 members (excludes halogenated alkanes) is 26. The molecule has 1 nitrogen and oxygen atoms in total. The van der Waals surface area contributed by atoms with Crippen LogP contribution < -0.4 is 0 Å². The number of rotatable bonds is 29. The van der Waals surface area contributed by atoms with Crippen LogP contribution in [0.25, 0.3) is 0 Å². The minimum atomic E-state index is 0.845. The van der Waals surface area contributed by atoms with Crippen LogP contribution in [0, 0.1) is 0 Å². The van der Waals surface area contributed by atoms with Crippen molar-refractivity contribution in [3.05, 3.63) is 0 Å². The number of halogens is 1. The van der Waals surface area contributed by atoms with Gasteiger partial charge in [0.1, 0.15) is 0 Å². The van der Waals surface area contributed by atoms with E-state index in [4.69, 9.17) is 11.6 Å². The van der Waals surface area contributed by atoms with E-state index in [9.17, 15) is 0 Å². The van der Waals surface area contributed by atoms with Crippen molar-refractivity contribution in [1.29, 1.82) is 0 Å². The van der Waals surface area contributed by atoms with Gasteiger partial charge < -0.3 is 4.90 Å². The molecule has 0 aromatic rings. The van der Waals surface area contributed by atoms with E-state index in [1.165, 1.54) is 186 Å². The quantitative estimate of drug-likeness (QED) is 0.0687. The molecule has 2 heteroatoms. The third-order valence-corrected chi connectivity index (χ3v) is 7.71. The molecule has 0 spiro atoms. The molecule has 0 aromatic carbocycles. The first-order chi connectivity index (χ1) is 17.7. The summed E-state index contributed by atoms with van der Waals surface area (Å²) in [7, 11) is 4.34. The van der Waals surface area contributed by atoms with Crippen molar-refractivity contribution in [2.24, 2.45) is 0 Å². The van der Waals surface area contributed by atoms with Gasteiger partial charge in [-0.2, -0.15) is 0 Å². The Balaban J connectivity index is 0. The molecule has 0 rings (SSSR count). The van der Waals surface area contributed by atoms with Gasteiger partial charge >= 0.3 is 0 Å². The topological polar surface area (TPSA) is 3.24 Å². The average Bonchev–Trinajstić information content (AvgIpc) is 2.87. The van der Waals surface area contributed by atoms with Gasteiger partial charge in [0.15, 0.2) is 0 Å². The summed E-state index contributed by atoms with van der Waals surface area (Å²) in [4.78, 5) is 2.29. The van der Waals surface area contributed by atoms with E-state index in [2.05, 4.69) is 32.8 Å². The van der Waals surface area contributed by atoms with Crippen LogP contribution in [0.1, 0.15) is 194 Å². The summed E-state index contributed by atoms with van der Waals surface area (Å²) >= 11 is 5.64. The molecule has 0 fully saturated rings. The van der Waals surface area contributed by atoms with Gasteiger partial charge in [-0.1, -0.05) is 181 Å². The number of alkyl halides is 1. The fourth-order valence-corrected chi connectivity index (χ4v) is 5.10. The van der Waals surface area contributed by atoms with Crippen LogP contribution >= 0.6 is 11.6 Å². The van der Waals surface area contributed by atoms with Crippen LogP contribution in [-0.2, 0) is 0 Å². The van der Waals surface area contributed by atoms with Crippen molar-refractivity contribution in [3.63, 3.8) is 0 Å². The molecule has 0 aromatic heterocycles. The highest BCUT2D eigenvalue weighted by Gasteiger charge is 1.95. The second-order valence-electron chi connectivity index (χ2n) is 11.7. The van der Waals surface area contributed by atoms with Gasteiger partial charge in [0.2, 0.25) is 0 Å². The van der Waals surface area contributed by atoms with E-state index >= 15 is 0 Å². The first-order valence-corrected chi connectivity index (χ1v) is 17.4. The van der Waals surface area contributed by atoms with Crippen LogP contribution in [0.15, 0.2) is 0 Å². The van der Waals surface area contributed by atoms with Gasteiger partial charge in [0.05, 0.1) is 0 Å². The van der Waals surface area contributed by atoms with Crippen molar-refractivity contribution in [3.8, 4) is 0 Å². The highest BCUT2D eigenvalue weighted by molar-refractivity contribution is 6.17. The molecule has 0 bridgehead atoms. The number of hydrogen-bond donors (Lipinski definition) is 0. The van der Waals surface area contributed by atoms with Crippen molar-refractivity contribution in [2.45, 2.75) is 194 Å². The van der Waals surface area contributed by atoms with Crippen LogP contribution in [0.5, 0.6) is 0 Å². The zero-order valence-corrected chi connectivity index (χ0v) is 26.8. The largest absolute Gasteiger partial charge is 0.309 e. The van der Waals surface area contributed by atoms with Gasteiger partial charge in [0, 0.05) is 5.88 Å². The van der Waals surface area contributed by atoms with Gasteiger partial charge in [0.25, 0.3) is 0 Å². The molecule has 0 radical (unpaired) electrons. The van der Waals surface area contributed by atoms with Crippen LogP contribution in [0.3, 0.4) is 0 Å². The molecule has 220 valence electrons. The zero-order chi connectivity index (χ0) is 26.8. The van der Waals surface area contributed by atoms with E-state index < -0.39 is 0 Å². The Kier molecular flexibility index (Phi) is 39.9. The third kappa shape index (κ3) is 41.4. The Bertz CT molecular complexity index is 330. The van der Waals surface area contributed by atoms with E-state index in [0.717, 1.165) is 5.88 Å². The number of nitrogens with zero attached hydrogens (tertiary/aromatic N) is 1. The lowest BCUT2D eigenvalue weighted by molar-refractivity contribution is 0.389. The summed E-state index contributed by atoms with van der Waals surface area (Å²) in [5.74, 6) is 0.845. The minimum Gasteiger partial charge on any atom is -0.309 e. The lowest BCUT2D eigenvalue weighted by Crippen LogP contribution is -2.12. The van der Waals surface area contributed by atoms with E-state index in [1.807, 2.05) is 0 Å². The minimum absolute atomic E-state index is 0.845. The average molecular weight is 530 g/mol. The fourth-order valence-electron chi connectivity index (χ4n) is 4.91. The lowest BCUT2D eigenvalue weighted by Gasteiger charge is -2.08. The third-order valence-electron chi connectivity index (χ3n) is 7.45. The first kappa shape index (κ1) is 38.4. The molecule has 0 saturated carbocycles. The highest BCUT2D eigenvalue weighted by Crippen LogP contribution is 2.14. The summed E-state index contributed by atoms with van der Waals surface area (Å²) in [6.45, 7) is 5.84. The Hall–Kier alpha value is 0.250. The smallest absolute Gasteiger partial charge is 0.0223 e. The predicted molar refractivity (Wildman–Crippen MR) is 170 cm³/mol. The van der Waals surface area contributed by atoms with Crippen LogP contribution in [0.4, 0.5) is 0 Å². The molecule has 0 aliphatic carbocycles. The van der Waals surface area contributed by atoms with Crippen LogP contribution in [0.2, 0.25) is 0 Å². The monoisotopic (exact) mass is 530 g/mol. The maximum Gasteiger partial charge on any atom is 0.0223 e. The molecular weight excluding hydrogens is 458 g/mol. The van der Waals surface area contributed by atoms with Gasteiger partial charge in [-0.25, -0.2) is 0 Å². The second kappa shape index (κ2) is 37.4. The number of hydrogen-bond acceptors (Lipinski definition) is 1. The predicted octanol–water partition coefficient (Wildman–Crippen LogP) is 12.7. The molecule has 0 unspecified atom stereocenters. The Morgan fingerprint density at radius 1 is 0.333 bits per heavy atom. The molecular formula is C34H72ClN. The molecule has 0 N–H and O–H groups in total. The summed E-state index contributed by atoms with van der Waals surface area (Å²) in [5.41, 5.74) is 0. The van der Waals surface area contributed by atoms with Gasteiger partial charge in [-0.15, -0.1) is 11.6 Å². The lowest BCUT2D eigenvalue weighted by atomic mass is 10.0. The maximum atomic E-state index is 5.64. The highest BCUT2D eigenvalue weighted by atomic mass is 35.5. The van der Waals surface area contributed by atoms with Crippen molar-refractivity contribution in [2.75, 3.05) is 26.5 Å². The normalized spacial score (nSPS) is 11.2. The summed E-state index contributed by atoms with van der Waals surface area (Å²) in [5, 5.41) is 0. The van der Waals surface area contributed by atoms with E-state index in [1.54, 1.807) is 0 Å². The van der Waals surface area contributed by atoms with Crippen molar-refractivity contribution >= 4 is 11.6 Å². The molecule has 0 aliphatic heterocycles. The van der Waals surface area contributed by atoms with Gasteiger partial charge in [-0.3, -0.25) is 0 Å². The summed E-state index contributed by atoms with van der Waals surface area (Å²) < 4.78 is 0. The molecule has 0 amide bonds. The zero-order valence-electron chi connectivity index (χ0n) is 26.0. The standard InChI is InChI=1S/C18H39N.C16H33Cl/c1-4-5-6-7-8-9-10-11-12-13-14-15-16-17-18-19(2)3;1-2-3-4-5-6-7-8-9-10-11-12-13-14-15-16-17/h4-18H2,1-3H3;2-16H2,1H3.